The van der Waals surface area contributed by atoms with Crippen LogP contribution in [0.5, 0.6) is 0 Å². The number of carbonyl (C=O) groups excluding carboxylic acids is 1. The van der Waals surface area contributed by atoms with Gasteiger partial charge in [0.25, 0.3) is 0 Å². The van der Waals surface area contributed by atoms with Crippen LogP contribution in [0.3, 0.4) is 0 Å². The second-order valence-corrected chi connectivity index (χ2v) is 8.06. The average molecular weight is 472 g/mol. The van der Waals surface area contributed by atoms with Crippen LogP contribution in [0.2, 0.25) is 0 Å². The Morgan fingerprint density at radius 1 is 1.00 bits per heavy atom. The first-order valence-corrected chi connectivity index (χ1v) is 10.6. The molecule has 3 aromatic rings. The smallest absolute Gasteiger partial charge is 0.416 e. The van der Waals surface area contributed by atoms with Gasteiger partial charge in [-0.2, -0.15) is 13.2 Å². The van der Waals surface area contributed by atoms with Crippen molar-refractivity contribution in [2.45, 2.75) is 24.3 Å². The summed E-state index contributed by atoms with van der Waals surface area (Å²) in [6.07, 6.45) is -9.25. The van der Waals surface area contributed by atoms with Gasteiger partial charge in [0, 0.05) is 18.2 Å². The lowest BCUT2D eigenvalue weighted by Gasteiger charge is -2.22. The molecule has 1 aliphatic carbocycles. The molecule has 1 aliphatic rings. The van der Waals surface area contributed by atoms with Crippen LogP contribution in [0.4, 0.5) is 23.7 Å². The molecule has 0 radical (unpaired) electrons. The van der Waals surface area contributed by atoms with E-state index in [2.05, 4.69) is 5.32 Å². The second-order valence-electron chi connectivity index (χ2n) is 8.06. The first kappa shape index (κ1) is 23.6. The van der Waals surface area contributed by atoms with E-state index in [-0.39, 0.29) is 18.2 Å². The number of ether oxygens (including phenoxy) is 1. The Bertz CT molecular complexity index is 1150. The van der Waals surface area contributed by atoms with E-state index in [1.54, 1.807) is 0 Å². The molecule has 2 unspecified atom stereocenters. The van der Waals surface area contributed by atoms with Crippen LogP contribution in [-0.2, 0) is 10.9 Å². The fourth-order valence-corrected chi connectivity index (χ4v) is 4.24. The number of amides is 1. The largest absolute Gasteiger partial charge is 0.449 e. The van der Waals surface area contributed by atoms with Crippen LogP contribution in [0, 0.1) is 0 Å². The number of hydrogen-bond donors (Lipinski definition) is 4. The lowest BCUT2D eigenvalue weighted by molar-refractivity contribution is -0.139. The summed E-state index contributed by atoms with van der Waals surface area (Å²) < 4.78 is 45.1. The zero-order valence-electron chi connectivity index (χ0n) is 17.9. The number of aliphatic hydroxyl groups excluding tert-OH is 2. The van der Waals surface area contributed by atoms with Gasteiger partial charge in [0.05, 0.1) is 5.56 Å². The molecule has 34 heavy (non-hydrogen) atoms. The number of fused-ring (bicyclic) bond motifs is 3. The van der Waals surface area contributed by atoms with Crippen molar-refractivity contribution in [3.63, 3.8) is 0 Å². The number of hydrogen-bond acceptors (Lipinski definition) is 5. The summed E-state index contributed by atoms with van der Waals surface area (Å²) in [6, 6.07) is 18.3. The second kappa shape index (κ2) is 9.36. The minimum atomic E-state index is -4.75. The maximum Gasteiger partial charge on any atom is 0.416 e. The van der Waals surface area contributed by atoms with Crippen molar-refractivity contribution in [2.24, 2.45) is 0 Å². The predicted octanol–water partition coefficient (Wildman–Crippen LogP) is 4.22. The van der Waals surface area contributed by atoms with Crippen molar-refractivity contribution in [1.29, 1.82) is 0 Å². The maximum atomic E-state index is 13.3. The number of rotatable bonds is 6. The van der Waals surface area contributed by atoms with Gasteiger partial charge in [0.2, 0.25) is 0 Å². The van der Waals surface area contributed by atoms with Gasteiger partial charge in [-0.3, -0.25) is 0 Å². The lowest BCUT2D eigenvalue weighted by atomic mass is 9.97. The van der Waals surface area contributed by atoms with E-state index >= 15 is 0 Å². The molecule has 0 aliphatic heterocycles. The summed E-state index contributed by atoms with van der Waals surface area (Å²) in [4.78, 5) is 12.2. The van der Waals surface area contributed by atoms with Gasteiger partial charge in [0.1, 0.15) is 18.8 Å². The molecule has 4 rings (SSSR count). The van der Waals surface area contributed by atoms with Crippen molar-refractivity contribution in [3.05, 3.63) is 89.0 Å². The van der Waals surface area contributed by atoms with Gasteiger partial charge in [-0.1, -0.05) is 48.5 Å². The molecule has 1 amide bonds. The molecule has 0 bridgehead atoms. The molecule has 0 saturated heterocycles. The third kappa shape index (κ3) is 4.71. The van der Waals surface area contributed by atoms with E-state index in [9.17, 15) is 28.2 Å². The molecule has 0 spiro atoms. The van der Waals surface area contributed by atoms with Gasteiger partial charge in [-0.15, -0.1) is 0 Å². The molecule has 0 fully saturated rings. The van der Waals surface area contributed by atoms with Crippen molar-refractivity contribution < 1.29 is 32.9 Å². The molecular formula is C25H23F3N2O4. The van der Waals surface area contributed by atoms with Gasteiger partial charge < -0.3 is 26.0 Å². The first-order valence-electron chi connectivity index (χ1n) is 10.6. The van der Waals surface area contributed by atoms with E-state index in [4.69, 9.17) is 10.5 Å². The zero-order valence-corrected chi connectivity index (χ0v) is 17.9. The molecule has 0 heterocycles. The molecule has 9 heteroatoms. The molecule has 6 nitrogen and oxygen atoms in total. The van der Waals surface area contributed by atoms with Crippen molar-refractivity contribution in [2.75, 3.05) is 18.9 Å². The molecule has 178 valence electrons. The quantitative estimate of drug-likeness (QED) is 0.402. The van der Waals surface area contributed by atoms with Crippen LogP contribution in [0.15, 0.2) is 66.7 Å². The third-order valence-electron chi connectivity index (χ3n) is 5.86. The Balaban J connectivity index is 1.38. The fourth-order valence-electron chi connectivity index (χ4n) is 4.24. The van der Waals surface area contributed by atoms with Crippen LogP contribution in [-0.4, -0.2) is 35.6 Å². The van der Waals surface area contributed by atoms with Crippen LogP contribution in [0.1, 0.15) is 34.3 Å². The number of aliphatic hydroxyl groups is 2. The normalized spacial score (nSPS) is 14.7. The average Bonchev–Trinajstić information content (AvgIpc) is 3.13. The zero-order chi connectivity index (χ0) is 24.5. The van der Waals surface area contributed by atoms with Gasteiger partial charge in [-0.05, 0) is 46.0 Å². The number of nitrogen functional groups attached to an aromatic ring is 1. The standard InChI is InChI=1S/C25H23F3N2O4/c26-25(27,28)21-10-9-14(29)11-19(21)23(32)22(31)12-30-24(33)34-13-20-17-7-3-1-5-15(17)16-6-2-4-8-18(16)20/h1-11,20,22-23,31-32H,12-13,29H2,(H,30,33). The summed E-state index contributed by atoms with van der Waals surface area (Å²) in [5.74, 6) is -0.171. The number of alkyl halides is 3. The Morgan fingerprint density at radius 2 is 1.59 bits per heavy atom. The van der Waals surface area contributed by atoms with Gasteiger partial charge in [-0.25, -0.2) is 4.79 Å². The van der Waals surface area contributed by atoms with E-state index in [1.807, 2.05) is 48.5 Å². The van der Waals surface area contributed by atoms with Gasteiger partial charge >= 0.3 is 12.3 Å². The fraction of sp³-hybridized carbons (Fsp3) is 0.240. The molecule has 3 aromatic carbocycles. The third-order valence-corrected chi connectivity index (χ3v) is 5.86. The van der Waals surface area contributed by atoms with Crippen LogP contribution >= 0.6 is 0 Å². The Labute approximate surface area is 193 Å². The molecular weight excluding hydrogens is 449 g/mol. The first-order chi connectivity index (χ1) is 16.2. The summed E-state index contributed by atoms with van der Waals surface area (Å²) in [6.45, 7) is -0.490. The predicted molar refractivity (Wildman–Crippen MR) is 120 cm³/mol. The van der Waals surface area contributed by atoms with Crippen molar-refractivity contribution in [3.8, 4) is 11.1 Å². The SMILES string of the molecule is Nc1ccc(C(F)(F)F)c(C(O)C(O)CNC(=O)OCC2c3ccccc3-c3ccccc32)c1. The topological polar surface area (TPSA) is 105 Å². The summed E-state index contributed by atoms with van der Waals surface area (Å²) in [5.41, 5.74) is 8.03. The number of nitrogens with one attached hydrogen (secondary N) is 1. The summed E-state index contributed by atoms with van der Waals surface area (Å²) in [7, 11) is 0. The molecule has 2 atom stereocenters. The van der Waals surface area contributed by atoms with E-state index < -0.39 is 42.1 Å². The maximum absolute atomic E-state index is 13.3. The highest BCUT2D eigenvalue weighted by Gasteiger charge is 2.36. The van der Waals surface area contributed by atoms with Crippen LogP contribution < -0.4 is 11.1 Å². The summed E-state index contributed by atoms with van der Waals surface area (Å²) >= 11 is 0. The van der Waals surface area contributed by atoms with Crippen molar-refractivity contribution in [1.82, 2.24) is 5.32 Å². The molecule has 0 aromatic heterocycles. The number of halogens is 3. The van der Waals surface area contributed by atoms with Crippen molar-refractivity contribution >= 4 is 11.8 Å². The number of anilines is 1. The van der Waals surface area contributed by atoms with Crippen LogP contribution in [0.25, 0.3) is 11.1 Å². The minimum Gasteiger partial charge on any atom is -0.449 e. The Kier molecular flexibility index (Phi) is 6.49. The number of benzene rings is 3. The lowest BCUT2D eigenvalue weighted by Crippen LogP contribution is -2.36. The number of nitrogens with two attached hydrogens (primary N) is 1. The highest BCUT2D eigenvalue weighted by molar-refractivity contribution is 5.79. The molecule has 0 saturated carbocycles. The highest BCUT2D eigenvalue weighted by Crippen LogP contribution is 2.44. The Morgan fingerprint density at radius 3 is 2.18 bits per heavy atom. The highest BCUT2D eigenvalue weighted by atomic mass is 19.4. The van der Waals surface area contributed by atoms with E-state index in [1.165, 1.54) is 0 Å². The monoisotopic (exact) mass is 472 g/mol. The van der Waals surface area contributed by atoms with E-state index in [0.29, 0.717) is 0 Å². The number of carbonyl (C=O) groups is 1. The van der Waals surface area contributed by atoms with E-state index in [0.717, 1.165) is 40.5 Å². The molecule has 5 N–H and O–H groups in total. The van der Waals surface area contributed by atoms with Gasteiger partial charge in [0.15, 0.2) is 0 Å². The summed E-state index contributed by atoms with van der Waals surface area (Å²) in [5, 5.41) is 22.8. The number of alkyl carbamates (subject to hydrolysis) is 1. The Hall–Kier alpha value is -3.56. The minimum absolute atomic E-state index is 0.00116.